The van der Waals surface area contributed by atoms with E-state index >= 15 is 0 Å². The summed E-state index contributed by atoms with van der Waals surface area (Å²) in [4.78, 5) is 5.98. The summed E-state index contributed by atoms with van der Waals surface area (Å²) >= 11 is 1.73. The molecule has 2 aromatic heterocycles. The number of furan rings is 1. The lowest BCUT2D eigenvalue weighted by atomic mass is 10.2. The molecule has 1 aromatic carbocycles. The van der Waals surface area contributed by atoms with Crippen LogP contribution in [0.15, 0.2) is 69.6 Å². The fourth-order valence-corrected chi connectivity index (χ4v) is 3.16. The van der Waals surface area contributed by atoms with Crippen LogP contribution in [0.2, 0.25) is 0 Å². The molecule has 27 heavy (non-hydrogen) atoms. The summed E-state index contributed by atoms with van der Waals surface area (Å²) in [6.07, 6.45) is 2.50. The number of aliphatic imine (C=N–C) groups is 1. The Morgan fingerprint density at radius 1 is 1.11 bits per heavy atom. The Morgan fingerprint density at radius 3 is 2.74 bits per heavy atom. The fourth-order valence-electron chi connectivity index (χ4n) is 2.52. The highest BCUT2D eigenvalue weighted by atomic mass is 127. The van der Waals surface area contributed by atoms with Crippen molar-refractivity contribution < 1.29 is 9.15 Å². The molecule has 0 spiro atoms. The van der Waals surface area contributed by atoms with E-state index < -0.39 is 0 Å². The number of ether oxygens (including phenoxy) is 1. The molecule has 2 heterocycles. The molecule has 0 radical (unpaired) electrons. The maximum atomic E-state index is 5.41. The third-order valence-electron chi connectivity index (χ3n) is 3.85. The highest BCUT2D eigenvalue weighted by Gasteiger charge is 2.04. The summed E-state index contributed by atoms with van der Waals surface area (Å²) in [7, 11) is 1.68. The summed E-state index contributed by atoms with van der Waals surface area (Å²) < 4.78 is 10.8. The number of halogens is 1. The number of nitrogens with zero attached hydrogens (tertiary/aromatic N) is 1. The number of benzene rings is 1. The van der Waals surface area contributed by atoms with Crippen LogP contribution in [-0.4, -0.2) is 19.6 Å². The van der Waals surface area contributed by atoms with Gasteiger partial charge in [-0.1, -0.05) is 24.3 Å². The van der Waals surface area contributed by atoms with Crippen molar-refractivity contribution in [1.29, 1.82) is 0 Å². The van der Waals surface area contributed by atoms with Gasteiger partial charge in [-0.25, -0.2) is 4.99 Å². The number of rotatable bonds is 8. The van der Waals surface area contributed by atoms with Gasteiger partial charge in [-0.3, -0.25) is 0 Å². The Balaban J connectivity index is 0.00000261. The van der Waals surface area contributed by atoms with Crippen molar-refractivity contribution in [1.82, 2.24) is 10.6 Å². The molecule has 2 N–H and O–H groups in total. The van der Waals surface area contributed by atoms with Crippen LogP contribution in [0.5, 0.6) is 5.75 Å². The topological polar surface area (TPSA) is 58.8 Å². The van der Waals surface area contributed by atoms with Gasteiger partial charge in [0.1, 0.15) is 11.5 Å². The first-order chi connectivity index (χ1) is 12.8. The Kier molecular flexibility index (Phi) is 9.20. The van der Waals surface area contributed by atoms with Crippen LogP contribution < -0.4 is 15.4 Å². The predicted molar refractivity (Wildman–Crippen MR) is 121 cm³/mol. The number of hydrogen-bond acceptors (Lipinski definition) is 4. The number of thiophene rings is 1. The van der Waals surface area contributed by atoms with Gasteiger partial charge in [-0.2, -0.15) is 0 Å². The van der Waals surface area contributed by atoms with Gasteiger partial charge in [0.25, 0.3) is 0 Å². The van der Waals surface area contributed by atoms with E-state index in [9.17, 15) is 0 Å². The highest BCUT2D eigenvalue weighted by molar-refractivity contribution is 14.0. The van der Waals surface area contributed by atoms with Gasteiger partial charge in [0, 0.05) is 23.4 Å². The van der Waals surface area contributed by atoms with Crippen molar-refractivity contribution in [3.63, 3.8) is 0 Å². The molecule has 3 rings (SSSR count). The average molecular weight is 497 g/mol. The zero-order chi connectivity index (χ0) is 18.0. The van der Waals surface area contributed by atoms with Crippen LogP contribution in [0.25, 0.3) is 0 Å². The molecule has 7 heteroatoms. The van der Waals surface area contributed by atoms with Crippen molar-refractivity contribution in [2.75, 3.05) is 13.7 Å². The zero-order valence-electron chi connectivity index (χ0n) is 15.2. The Bertz CT molecular complexity index is 805. The maximum absolute atomic E-state index is 5.41. The summed E-state index contributed by atoms with van der Waals surface area (Å²) in [5.74, 6) is 2.58. The largest absolute Gasteiger partial charge is 0.496 e. The van der Waals surface area contributed by atoms with Gasteiger partial charge in [0.2, 0.25) is 0 Å². The SMILES string of the molecule is COc1ccccc1CN=C(NCCc1ccco1)NCc1cccs1.I. The van der Waals surface area contributed by atoms with Gasteiger partial charge < -0.3 is 19.8 Å². The fraction of sp³-hybridized carbons (Fsp3) is 0.250. The van der Waals surface area contributed by atoms with E-state index in [4.69, 9.17) is 14.1 Å². The molecule has 0 bridgehead atoms. The van der Waals surface area contributed by atoms with Gasteiger partial charge in [0.05, 0.1) is 26.5 Å². The Hall–Kier alpha value is -2.00. The monoisotopic (exact) mass is 497 g/mol. The Morgan fingerprint density at radius 2 is 2.00 bits per heavy atom. The molecule has 0 amide bonds. The summed E-state index contributed by atoms with van der Waals surface area (Å²) in [6, 6.07) is 16.0. The minimum atomic E-state index is 0. The number of methoxy groups -OCH3 is 1. The lowest BCUT2D eigenvalue weighted by Crippen LogP contribution is -2.38. The summed E-state index contributed by atoms with van der Waals surface area (Å²) in [6.45, 7) is 2.04. The van der Waals surface area contributed by atoms with Gasteiger partial charge in [-0.15, -0.1) is 35.3 Å². The second-order valence-electron chi connectivity index (χ2n) is 5.67. The van der Waals surface area contributed by atoms with E-state index in [0.29, 0.717) is 6.54 Å². The Labute approximate surface area is 180 Å². The number of hydrogen-bond donors (Lipinski definition) is 2. The molecule has 0 aliphatic rings. The molecule has 0 aliphatic carbocycles. The molecule has 0 unspecified atom stereocenters. The molecule has 144 valence electrons. The predicted octanol–water partition coefficient (Wildman–Crippen LogP) is 4.45. The smallest absolute Gasteiger partial charge is 0.191 e. The van der Waals surface area contributed by atoms with Crippen LogP contribution in [0.4, 0.5) is 0 Å². The summed E-state index contributed by atoms with van der Waals surface area (Å²) in [5.41, 5.74) is 1.05. The van der Waals surface area contributed by atoms with E-state index in [-0.39, 0.29) is 24.0 Å². The molecule has 5 nitrogen and oxygen atoms in total. The lowest BCUT2D eigenvalue weighted by Gasteiger charge is -2.12. The lowest BCUT2D eigenvalue weighted by molar-refractivity contribution is 0.410. The minimum absolute atomic E-state index is 0. The second-order valence-corrected chi connectivity index (χ2v) is 6.70. The molecular formula is C20H24IN3O2S. The van der Waals surface area contributed by atoms with Crippen molar-refractivity contribution in [2.24, 2.45) is 4.99 Å². The van der Waals surface area contributed by atoms with Gasteiger partial charge in [0.15, 0.2) is 5.96 Å². The second kappa shape index (κ2) is 11.7. The molecule has 0 saturated heterocycles. The van der Waals surface area contributed by atoms with Crippen molar-refractivity contribution in [2.45, 2.75) is 19.5 Å². The molecule has 0 saturated carbocycles. The molecule has 0 aliphatic heterocycles. The highest BCUT2D eigenvalue weighted by Crippen LogP contribution is 2.18. The van der Waals surface area contributed by atoms with E-state index in [0.717, 1.165) is 42.5 Å². The van der Waals surface area contributed by atoms with E-state index in [1.54, 1.807) is 24.7 Å². The van der Waals surface area contributed by atoms with Crippen molar-refractivity contribution in [3.8, 4) is 5.75 Å². The van der Waals surface area contributed by atoms with Crippen LogP contribution in [0.1, 0.15) is 16.2 Å². The normalized spacial score (nSPS) is 10.9. The average Bonchev–Trinajstić information content (AvgIpc) is 3.37. The van der Waals surface area contributed by atoms with E-state index in [1.807, 2.05) is 36.4 Å². The minimum Gasteiger partial charge on any atom is -0.496 e. The van der Waals surface area contributed by atoms with E-state index in [2.05, 4.69) is 28.1 Å². The third-order valence-corrected chi connectivity index (χ3v) is 4.73. The van der Waals surface area contributed by atoms with Crippen LogP contribution in [0, 0.1) is 0 Å². The third kappa shape index (κ3) is 6.91. The molecule has 0 fully saturated rings. The number of guanidine groups is 1. The zero-order valence-corrected chi connectivity index (χ0v) is 18.3. The first-order valence-electron chi connectivity index (χ1n) is 8.54. The number of para-hydroxylation sites is 1. The van der Waals surface area contributed by atoms with Crippen LogP contribution >= 0.6 is 35.3 Å². The molecule has 3 aromatic rings. The number of nitrogens with one attached hydrogen (secondary N) is 2. The first kappa shape index (κ1) is 21.3. The summed E-state index contributed by atoms with van der Waals surface area (Å²) in [5, 5.41) is 8.84. The van der Waals surface area contributed by atoms with Gasteiger partial charge in [-0.05, 0) is 29.6 Å². The van der Waals surface area contributed by atoms with E-state index in [1.165, 1.54) is 4.88 Å². The molecule has 0 atom stereocenters. The first-order valence-corrected chi connectivity index (χ1v) is 9.42. The van der Waals surface area contributed by atoms with Crippen molar-refractivity contribution in [3.05, 3.63) is 76.4 Å². The maximum Gasteiger partial charge on any atom is 0.191 e. The quantitative estimate of drug-likeness (QED) is 0.275. The molecular weight excluding hydrogens is 473 g/mol. The van der Waals surface area contributed by atoms with Crippen molar-refractivity contribution >= 4 is 41.3 Å². The van der Waals surface area contributed by atoms with Crippen LogP contribution in [0.3, 0.4) is 0 Å². The standard InChI is InChI=1S/C20H23N3O2S.HI/c1-24-19-9-3-2-6-16(19)14-22-20(23-15-18-8-5-13-26-18)21-11-10-17-7-4-12-25-17;/h2-9,12-13H,10-11,14-15H2,1H3,(H2,21,22,23);1H. The van der Waals surface area contributed by atoms with Gasteiger partial charge >= 0.3 is 0 Å². The van der Waals surface area contributed by atoms with Crippen LogP contribution in [-0.2, 0) is 19.5 Å².